The van der Waals surface area contributed by atoms with Crippen molar-refractivity contribution in [2.75, 3.05) is 44.2 Å². The van der Waals surface area contributed by atoms with Crippen LogP contribution in [0.1, 0.15) is 11.1 Å². The van der Waals surface area contributed by atoms with Crippen LogP contribution in [0.2, 0.25) is 0 Å². The lowest BCUT2D eigenvalue weighted by Crippen LogP contribution is -2.48. The zero-order valence-electron chi connectivity index (χ0n) is 15.4. The maximum atomic E-state index is 13.4. The summed E-state index contributed by atoms with van der Waals surface area (Å²) in [5.41, 5.74) is 3.72. The Bertz CT molecular complexity index is 920. The minimum atomic E-state index is -0.230. The summed E-state index contributed by atoms with van der Waals surface area (Å²) in [5, 5.41) is 8.38. The average Bonchev–Trinajstić information content (AvgIpc) is 3.30. The fraction of sp³-hybridized carbons (Fsp3) is 0.381. The number of aromatic nitrogens is 2. The second-order valence-corrected chi connectivity index (χ2v) is 7.55. The molecule has 0 saturated carbocycles. The molecule has 0 aliphatic carbocycles. The van der Waals surface area contributed by atoms with Gasteiger partial charge in [-0.15, -0.1) is 0 Å². The molecule has 2 aliphatic heterocycles. The molecule has 0 amide bonds. The van der Waals surface area contributed by atoms with Crippen LogP contribution in [0.5, 0.6) is 0 Å². The van der Waals surface area contributed by atoms with Gasteiger partial charge in [-0.3, -0.25) is 14.9 Å². The highest BCUT2D eigenvalue weighted by molar-refractivity contribution is 5.90. The number of fused-ring (bicyclic) bond motifs is 2. The molecule has 140 valence electrons. The monoisotopic (exact) mass is 365 g/mol. The molecule has 5 nitrogen and oxygen atoms in total. The van der Waals surface area contributed by atoms with Gasteiger partial charge in [-0.2, -0.15) is 5.10 Å². The number of nitrogens with one attached hydrogen (secondary N) is 1. The highest BCUT2D eigenvalue weighted by atomic mass is 19.1. The first kappa shape index (κ1) is 16.7. The molecule has 1 fully saturated rings. The van der Waals surface area contributed by atoms with Crippen molar-refractivity contribution in [2.45, 2.75) is 13.1 Å². The summed E-state index contributed by atoms with van der Waals surface area (Å²) < 4.78 is 13.4. The normalized spacial score (nSPS) is 18.3. The summed E-state index contributed by atoms with van der Waals surface area (Å²) in [7, 11) is 0. The van der Waals surface area contributed by atoms with E-state index >= 15 is 0 Å². The molecular weight excluding hydrogens is 341 g/mol. The van der Waals surface area contributed by atoms with Crippen LogP contribution < -0.4 is 4.90 Å². The van der Waals surface area contributed by atoms with Crippen molar-refractivity contribution in [1.82, 2.24) is 20.0 Å². The van der Waals surface area contributed by atoms with E-state index in [1.807, 2.05) is 6.07 Å². The number of H-pyrrole nitrogens is 1. The van der Waals surface area contributed by atoms with Crippen molar-refractivity contribution in [3.05, 3.63) is 59.4 Å². The minimum Gasteiger partial charge on any atom is -0.352 e. The molecule has 27 heavy (non-hydrogen) atoms. The van der Waals surface area contributed by atoms with Crippen LogP contribution in [0.25, 0.3) is 10.9 Å². The van der Waals surface area contributed by atoms with Gasteiger partial charge in [-0.25, -0.2) is 4.39 Å². The van der Waals surface area contributed by atoms with E-state index in [1.165, 1.54) is 23.3 Å². The second-order valence-electron chi connectivity index (χ2n) is 7.55. The second kappa shape index (κ2) is 6.94. The quantitative estimate of drug-likeness (QED) is 0.772. The van der Waals surface area contributed by atoms with Gasteiger partial charge in [0, 0.05) is 57.7 Å². The molecule has 0 bridgehead atoms. The Morgan fingerprint density at radius 2 is 1.59 bits per heavy atom. The topological polar surface area (TPSA) is 38.4 Å². The molecule has 2 aromatic carbocycles. The summed E-state index contributed by atoms with van der Waals surface area (Å²) in [4.78, 5) is 7.37. The van der Waals surface area contributed by atoms with Crippen LogP contribution >= 0.6 is 0 Å². The molecule has 3 heterocycles. The molecule has 2 aliphatic rings. The van der Waals surface area contributed by atoms with Crippen LogP contribution in [0.3, 0.4) is 0 Å². The van der Waals surface area contributed by atoms with Crippen molar-refractivity contribution in [3.8, 4) is 0 Å². The van der Waals surface area contributed by atoms with E-state index in [0.717, 1.165) is 69.1 Å². The third-order valence-corrected chi connectivity index (χ3v) is 5.82. The number of benzene rings is 2. The number of hydrogen-bond donors (Lipinski definition) is 1. The molecule has 3 aromatic rings. The molecule has 0 radical (unpaired) electrons. The molecular formula is C21H24FN5. The van der Waals surface area contributed by atoms with Crippen molar-refractivity contribution >= 4 is 16.7 Å². The van der Waals surface area contributed by atoms with E-state index in [9.17, 15) is 4.39 Å². The molecule has 0 spiro atoms. The summed E-state index contributed by atoms with van der Waals surface area (Å²) >= 11 is 0. The maximum absolute atomic E-state index is 13.4. The zero-order chi connectivity index (χ0) is 18.2. The Morgan fingerprint density at radius 3 is 2.33 bits per heavy atom. The van der Waals surface area contributed by atoms with Crippen LogP contribution in [0, 0.1) is 5.82 Å². The predicted octanol–water partition coefficient (Wildman–Crippen LogP) is 2.84. The fourth-order valence-electron chi connectivity index (χ4n) is 4.25. The van der Waals surface area contributed by atoms with Crippen molar-refractivity contribution in [1.29, 1.82) is 0 Å². The molecule has 0 unspecified atom stereocenters. The number of nitrogens with zero attached hydrogens (tertiary/aromatic N) is 4. The standard InChI is InChI=1S/C21H24FN5/c22-18-5-6-19-20(13-18)23-24-21(19)27-11-9-25(10-12-27)7-8-26-14-16-3-1-2-4-17(16)15-26/h1-6,13H,7-12,14-15H2,(H,23,24). The third kappa shape index (κ3) is 3.31. The van der Waals surface area contributed by atoms with Gasteiger partial charge in [0.1, 0.15) is 5.82 Å². The molecule has 1 saturated heterocycles. The van der Waals surface area contributed by atoms with E-state index in [0.29, 0.717) is 0 Å². The molecule has 1 N–H and O–H groups in total. The first-order chi connectivity index (χ1) is 13.3. The number of hydrogen-bond acceptors (Lipinski definition) is 4. The summed E-state index contributed by atoms with van der Waals surface area (Å²) in [6, 6.07) is 13.6. The van der Waals surface area contributed by atoms with Crippen LogP contribution in [0.4, 0.5) is 10.2 Å². The largest absolute Gasteiger partial charge is 0.352 e. The highest BCUT2D eigenvalue weighted by Crippen LogP contribution is 2.26. The molecule has 6 heteroatoms. The Morgan fingerprint density at radius 1 is 0.889 bits per heavy atom. The van der Waals surface area contributed by atoms with Gasteiger partial charge < -0.3 is 4.90 Å². The van der Waals surface area contributed by atoms with E-state index in [1.54, 1.807) is 0 Å². The molecule has 5 rings (SSSR count). The lowest BCUT2D eigenvalue weighted by atomic mass is 10.1. The van der Waals surface area contributed by atoms with Crippen LogP contribution in [-0.2, 0) is 13.1 Å². The summed E-state index contributed by atoms with van der Waals surface area (Å²) in [6.45, 7) is 8.35. The van der Waals surface area contributed by atoms with Crippen LogP contribution in [-0.4, -0.2) is 59.3 Å². The van der Waals surface area contributed by atoms with Gasteiger partial charge in [0.05, 0.1) is 5.52 Å². The van der Waals surface area contributed by atoms with Gasteiger partial charge in [-0.05, 0) is 29.3 Å². The van der Waals surface area contributed by atoms with Crippen molar-refractivity contribution < 1.29 is 4.39 Å². The van der Waals surface area contributed by atoms with Crippen LogP contribution in [0.15, 0.2) is 42.5 Å². The first-order valence-electron chi connectivity index (χ1n) is 9.66. The Kier molecular flexibility index (Phi) is 4.30. The summed E-state index contributed by atoms with van der Waals surface area (Å²) in [6.07, 6.45) is 0. The number of halogens is 1. The van der Waals surface area contributed by atoms with E-state index < -0.39 is 0 Å². The predicted molar refractivity (Wildman–Crippen MR) is 105 cm³/mol. The van der Waals surface area contributed by atoms with Crippen molar-refractivity contribution in [3.63, 3.8) is 0 Å². The maximum Gasteiger partial charge on any atom is 0.158 e. The van der Waals surface area contributed by atoms with Gasteiger partial charge in [0.25, 0.3) is 0 Å². The Labute approximate surface area is 158 Å². The fourth-order valence-corrected chi connectivity index (χ4v) is 4.25. The summed E-state index contributed by atoms with van der Waals surface area (Å²) in [5.74, 6) is 0.714. The van der Waals surface area contributed by atoms with Gasteiger partial charge in [0.15, 0.2) is 5.82 Å². The Hall–Kier alpha value is -2.44. The van der Waals surface area contributed by atoms with E-state index in [-0.39, 0.29) is 5.82 Å². The van der Waals surface area contributed by atoms with E-state index in [4.69, 9.17) is 0 Å². The SMILES string of the molecule is Fc1ccc2c(N3CCN(CCN4Cc5ccccc5C4)CC3)n[nH]c2c1. The first-order valence-corrected chi connectivity index (χ1v) is 9.66. The third-order valence-electron chi connectivity index (χ3n) is 5.82. The average molecular weight is 365 g/mol. The smallest absolute Gasteiger partial charge is 0.158 e. The number of rotatable bonds is 4. The van der Waals surface area contributed by atoms with Crippen molar-refractivity contribution in [2.24, 2.45) is 0 Å². The van der Waals surface area contributed by atoms with Gasteiger partial charge in [-0.1, -0.05) is 24.3 Å². The number of anilines is 1. The molecule has 1 aromatic heterocycles. The molecule has 0 atom stereocenters. The number of aromatic amines is 1. The Balaban J connectivity index is 1.15. The lowest BCUT2D eigenvalue weighted by molar-refractivity contribution is 0.197. The lowest BCUT2D eigenvalue weighted by Gasteiger charge is -2.35. The number of piperazine rings is 1. The van der Waals surface area contributed by atoms with E-state index in [2.05, 4.69) is 49.2 Å². The highest BCUT2D eigenvalue weighted by Gasteiger charge is 2.23. The van der Waals surface area contributed by atoms with Gasteiger partial charge in [0.2, 0.25) is 0 Å². The zero-order valence-corrected chi connectivity index (χ0v) is 15.4. The minimum absolute atomic E-state index is 0.230. The van der Waals surface area contributed by atoms with Gasteiger partial charge >= 0.3 is 0 Å².